The fraction of sp³-hybridized carbons (Fsp3) is 1.00. The second-order valence-electron chi connectivity index (χ2n) is 5.07. The van der Waals surface area contributed by atoms with E-state index in [0.29, 0.717) is 0 Å². The summed E-state index contributed by atoms with van der Waals surface area (Å²) < 4.78 is 0. The summed E-state index contributed by atoms with van der Waals surface area (Å²) in [5.74, 6) is 1.92. The van der Waals surface area contributed by atoms with Gasteiger partial charge in [0.1, 0.15) is 0 Å². The van der Waals surface area contributed by atoms with Gasteiger partial charge in [-0.3, -0.25) is 0 Å². The van der Waals surface area contributed by atoms with Gasteiger partial charge in [0.25, 0.3) is 0 Å². The van der Waals surface area contributed by atoms with E-state index in [0.717, 1.165) is 11.8 Å². The SMILES string of the molecule is CN(C)C[C@H]1CC[C@H](CN(C)C)C1. The van der Waals surface area contributed by atoms with Crippen molar-refractivity contribution in [2.75, 3.05) is 41.3 Å². The van der Waals surface area contributed by atoms with Gasteiger partial charge in [-0.25, -0.2) is 0 Å². The van der Waals surface area contributed by atoms with Crippen molar-refractivity contribution in [3.05, 3.63) is 0 Å². The van der Waals surface area contributed by atoms with Crippen LogP contribution in [0.25, 0.3) is 0 Å². The van der Waals surface area contributed by atoms with Crippen LogP contribution in [-0.2, 0) is 0 Å². The molecule has 2 atom stereocenters. The molecular weight excluding hydrogens is 160 g/mol. The van der Waals surface area contributed by atoms with Gasteiger partial charge >= 0.3 is 0 Å². The molecule has 0 unspecified atom stereocenters. The predicted octanol–water partition coefficient (Wildman–Crippen LogP) is 1.53. The first-order chi connectivity index (χ1) is 6.08. The molecule has 0 aromatic rings. The minimum atomic E-state index is 0.958. The summed E-state index contributed by atoms with van der Waals surface area (Å²) in [6.07, 6.45) is 4.32. The molecular formula is C11H24N2. The zero-order valence-corrected chi connectivity index (χ0v) is 9.58. The van der Waals surface area contributed by atoms with Gasteiger partial charge in [-0.05, 0) is 59.3 Å². The Balaban J connectivity index is 2.20. The summed E-state index contributed by atoms with van der Waals surface area (Å²) in [4.78, 5) is 4.64. The van der Waals surface area contributed by atoms with Crippen molar-refractivity contribution in [3.63, 3.8) is 0 Å². The van der Waals surface area contributed by atoms with Gasteiger partial charge in [0, 0.05) is 13.1 Å². The number of rotatable bonds is 4. The molecule has 1 saturated carbocycles. The maximum Gasteiger partial charge on any atom is 0.000367 e. The summed E-state index contributed by atoms with van der Waals surface area (Å²) in [5, 5.41) is 0. The van der Waals surface area contributed by atoms with E-state index in [-0.39, 0.29) is 0 Å². The maximum absolute atomic E-state index is 2.32. The van der Waals surface area contributed by atoms with Crippen molar-refractivity contribution >= 4 is 0 Å². The number of hydrogen-bond acceptors (Lipinski definition) is 2. The molecule has 2 heteroatoms. The fourth-order valence-corrected chi connectivity index (χ4v) is 2.54. The van der Waals surface area contributed by atoms with Gasteiger partial charge < -0.3 is 9.80 Å². The Morgan fingerprint density at radius 3 is 1.54 bits per heavy atom. The Hall–Kier alpha value is -0.0800. The average molecular weight is 184 g/mol. The van der Waals surface area contributed by atoms with E-state index in [9.17, 15) is 0 Å². The average Bonchev–Trinajstić information content (AvgIpc) is 2.33. The molecule has 0 aromatic carbocycles. The summed E-state index contributed by atoms with van der Waals surface area (Å²) in [5.41, 5.74) is 0. The molecule has 0 aromatic heterocycles. The van der Waals surface area contributed by atoms with Crippen molar-refractivity contribution in [2.45, 2.75) is 19.3 Å². The minimum absolute atomic E-state index is 0.958. The zero-order valence-electron chi connectivity index (χ0n) is 9.58. The van der Waals surface area contributed by atoms with Crippen molar-refractivity contribution in [3.8, 4) is 0 Å². The monoisotopic (exact) mass is 184 g/mol. The molecule has 0 radical (unpaired) electrons. The fourth-order valence-electron chi connectivity index (χ4n) is 2.54. The Morgan fingerprint density at radius 2 is 1.23 bits per heavy atom. The molecule has 1 aliphatic rings. The van der Waals surface area contributed by atoms with Crippen LogP contribution < -0.4 is 0 Å². The Morgan fingerprint density at radius 1 is 0.846 bits per heavy atom. The molecule has 0 spiro atoms. The Labute approximate surface area is 82.9 Å². The zero-order chi connectivity index (χ0) is 9.84. The largest absolute Gasteiger partial charge is 0.309 e. The quantitative estimate of drug-likeness (QED) is 0.654. The maximum atomic E-state index is 2.32. The summed E-state index contributed by atoms with van der Waals surface area (Å²) in [6.45, 7) is 2.56. The first-order valence-corrected chi connectivity index (χ1v) is 5.37. The van der Waals surface area contributed by atoms with Crippen molar-refractivity contribution in [1.29, 1.82) is 0 Å². The third kappa shape index (κ3) is 4.10. The van der Waals surface area contributed by atoms with Crippen LogP contribution >= 0.6 is 0 Å². The van der Waals surface area contributed by atoms with Gasteiger partial charge in [0.2, 0.25) is 0 Å². The van der Waals surface area contributed by atoms with Gasteiger partial charge in [-0.15, -0.1) is 0 Å². The third-order valence-corrected chi connectivity index (χ3v) is 2.90. The van der Waals surface area contributed by atoms with Crippen LogP contribution in [0, 0.1) is 11.8 Å². The first kappa shape index (κ1) is 11.0. The topological polar surface area (TPSA) is 6.48 Å². The van der Waals surface area contributed by atoms with E-state index in [1.54, 1.807) is 0 Å². The normalized spacial score (nSPS) is 29.1. The lowest BCUT2D eigenvalue weighted by atomic mass is 10.0. The molecule has 1 aliphatic carbocycles. The Kier molecular flexibility index (Phi) is 4.20. The molecule has 13 heavy (non-hydrogen) atoms. The molecule has 0 heterocycles. The molecule has 78 valence electrons. The van der Waals surface area contributed by atoms with Crippen LogP contribution in [0.4, 0.5) is 0 Å². The van der Waals surface area contributed by atoms with Crippen LogP contribution in [-0.4, -0.2) is 51.1 Å². The molecule has 1 rings (SSSR count). The number of hydrogen-bond donors (Lipinski definition) is 0. The lowest BCUT2D eigenvalue weighted by Crippen LogP contribution is -2.22. The molecule has 2 nitrogen and oxygen atoms in total. The highest BCUT2D eigenvalue weighted by atomic mass is 15.1. The van der Waals surface area contributed by atoms with Crippen LogP contribution in [0.5, 0.6) is 0 Å². The van der Waals surface area contributed by atoms with Gasteiger partial charge in [0.05, 0.1) is 0 Å². The second kappa shape index (κ2) is 4.97. The van der Waals surface area contributed by atoms with Crippen LogP contribution in [0.1, 0.15) is 19.3 Å². The highest BCUT2D eigenvalue weighted by Crippen LogP contribution is 2.31. The highest BCUT2D eigenvalue weighted by Gasteiger charge is 2.24. The van der Waals surface area contributed by atoms with Gasteiger partial charge in [-0.2, -0.15) is 0 Å². The van der Waals surface area contributed by atoms with Crippen molar-refractivity contribution in [1.82, 2.24) is 9.80 Å². The van der Waals surface area contributed by atoms with Crippen LogP contribution in [0.15, 0.2) is 0 Å². The molecule has 0 aliphatic heterocycles. The molecule has 0 amide bonds. The van der Waals surface area contributed by atoms with Crippen molar-refractivity contribution in [2.24, 2.45) is 11.8 Å². The predicted molar refractivity (Wildman–Crippen MR) is 57.9 cm³/mol. The van der Waals surface area contributed by atoms with E-state index in [2.05, 4.69) is 38.0 Å². The van der Waals surface area contributed by atoms with Crippen LogP contribution in [0.2, 0.25) is 0 Å². The van der Waals surface area contributed by atoms with Crippen LogP contribution in [0.3, 0.4) is 0 Å². The van der Waals surface area contributed by atoms with E-state index < -0.39 is 0 Å². The highest BCUT2D eigenvalue weighted by molar-refractivity contribution is 4.78. The van der Waals surface area contributed by atoms with Gasteiger partial charge in [-0.1, -0.05) is 0 Å². The van der Waals surface area contributed by atoms with Crippen molar-refractivity contribution < 1.29 is 0 Å². The van der Waals surface area contributed by atoms with Gasteiger partial charge in [0.15, 0.2) is 0 Å². The van der Waals surface area contributed by atoms with E-state index in [1.165, 1.54) is 32.4 Å². The van der Waals surface area contributed by atoms with E-state index in [4.69, 9.17) is 0 Å². The third-order valence-electron chi connectivity index (χ3n) is 2.90. The standard InChI is InChI=1S/C11H24N2/c1-12(2)8-10-5-6-11(7-10)9-13(3)4/h10-11H,5-9H2,1-4H3/t10-,11-/m0/s1. The summed E-state index contributed by atoms with van der Waals surface area (Å²) >= 11 is 0. The molecule has 0 bridgehead atoms. The lowest BCUT2D eigenvalue weighted by Gasteiger charge is -2.18. The second-order valence-corrected chi connectivity index (χ2v) is 5.07. The minimum Gasteiger partial charge on any atom is -0.309 e. The molecule has 1 fully saturated rings. The summed E-state index contributed by atoms with van der Waals surface area (Å²) in [6, 6.07) is 0. The van der Waals surface area contributed by atoms with E-state index >= 15 is 0 Å². The van der Waals surface area contributed by atoms with E-state index in [1.807, 2.05) is 0 Å². The number of nitrogens with zero attached hydrogens (tertiary/aromatic N) is 2. The molecule has 0 saturated heterocycles. The first-order valence-electron chi connectivity index (χ1n) is 5.37. The summed E-state index contributed by atoms with van der Waals surface area (Å²) in [7, 11) is 8.72. The Bertz CT molecular complexity index is 127. The lowest BCUT2D eigenvalue weighted by molar-refractivity contribution is 0.297. The molecule has 0 N–H and O–H groups in total. The smallest absolute Gasteiger partial charge is 0.000367 e.